The number of carbonyl (C=O) groups is 1. The lowest BCUT2D eigenvalue weighted by atomic mass is 10.1. The molecule has 1 aliphatic carbocycles. The molecule has 0 bridgehead atoms. The Bertz CT molecular complexity index is 674. The van der Waals surface area contributed by atoms with E-state index in [-0.39, 0.29) is 17.3 Å². The predicted octanol–water partition coefficient (Wildman–Crippen LogP) is 0.871. The molecule has 7 heteroatoms. The van der Waals surface area contributed by atoms with Gasteiger partial charge >= 0.3 is 0 Å². The molecule has 0 saturated heterocycles. The van der Waals surface area contributed by atoms with E-state index >= 15 is 0 Å². The Morgan fingerprint density at radius 1 is 1.27 bits per heavy atom. The van der Waals surface area contributed by atoms with Crippen molar-refractivity contribution in [1.29, 1.82) is 0 Å². The van der Waals surface area contributed by atoms with Crippen LogP contribution in [-0.2, 0) is 21.4 Å². The Kier molecular flexibility index (Phi) is 4.34. The van der Waals surface area contributed by atoms with Gasteiger partial charge in [0, 0.05) is 12.1 Å². The van der Waals surface area contributed by atoms with Crippen molar-refractivity contribution in [2.24, 2.45) is 5.73 Å². The number of nitrogens with two attached hydrogens (primary N) is 1. The normalized spacial score (nSPS) is 17.1. The molecule has 1 amide bonds. The van der Waals surface area contributed by atoms with Crippen LogP contribution in [0.15, 0.2) is 29.2 Å². The monoisotopic (exact) mass is 325 g/mol. The molecule has 1 aliphatic rings. The number of hydrogen-bond donors (Lipinski definition) is 3. The van der Waals surface area contributed by atoms with Gasteiger partial charge < -0.3 is 11.1 Å². The fourth-order valence-electron chi connectivity index (χ4n) is 2.08. The molecule has 2 rings (SSSR count). The van der Waals surface area contributed by atoms with Gasteiger partial charge in [-0.15, -0.1) is 0 Å². The Balaban J connectivity index is 2.18. The third-order valence-electron chi connectivity index (χ3n) is 3.38. The number of benzene rings is 1. The zero-order valence-corrected chi connectivity index (χ0v) is 14.0. The standard InChI is InChI=1S/C15H23N3O3S/c1-14(2,3)18-22(20,21)12-7-5-4-6-11(12)10-17-13(19)15(16)8-9-15/h4-7,18H,8-10,16H2,1-3H3,(H,17,19). The van der Waals surface area contributed by atoms with Crippen molar-refractivity contribution in [2.75, 3.05) is 0 Å². The van der Waals surface area contributed by atoms with Gasteiger partial charge in [0.15, 0.2) is 0 Å². The van der Waals surface area contributed by atoms with Crippen molar-refractivity contribution >= 4 is 15.9 Å². The fourth-order valence-corrected chi connectivity index (χ4v) is 3.74. The molecule has 122 valence electrons. The maximum atomic E-state index is 12.5. The summed E-state index contributed by atoms with van der Waals surface area (Å²) in [6.45, 7) is 5.47. The summed E-state index contributed by atoms with van der Waals surface area (Å²) in [6.07, 6.45) is 1.34. The molecule has 1 aromatic carbocycles. The highest BCUT2D eigenvalue weighted by Gasteiger charge is 2.45. The Morgan fingerprint density at radius 2 is 1.86 bits per heavy atom. The molecule has 0 aliphatic heterocycles. The summed E-state index contributed by atoms with van der Waals surface area (Å²) in [5.74, 6) is -0.233. The van der Waals surface area contributed by atoms with E-state index in [0.717, 1.165) is 0 Å². The van der Waals surface area contributed by atoms with Gasteiger partial charge in [-0.25, -0.2) is 13.1 Å². The van der Waals surface area contributed by atoms with Crippen LogP contribution in [0.1, 0.15) is 39.2 Å². The van der Waals surface area contributed by atoms with Gasteiger partial charge in [0.25, 0.3) is 0 Å². The zero-order chi connectivity index (χ0) is 16.6. The average Bonchev–Trinajstić information content (AvgIpc) is 3.13. The fraction of sp³-hybridized carbons (Fsp3) is 0.533. The topological polar surface area (TPSA) is 101 Å². The average molecular weight is 325 g/mol. The van der Waals surface area contributed by atoms with Crippen LogP contribution in [0.5, 0.6) is 0 Å². The van der Waals surface area contributed by atoms with E-state index in [1.54, 1.807) is 39.0 Å². The van der Waals surface area contributed by atoms with Crippen molar-refractivity contribution in [3.05, 3.63) is 29.8 Å². The largest absolute Gasteiger partial charge is 0.350 e. The molecular weight excluding hydrogens is 302 g/mol. The summed E-state index contributed by atoms with van der Waals surface area (Å²) in [5, 5.41) is 2.72. The lowest BCUT2D eigenvalue weighted by Crippen LogP contribution is -2.43. The van der Waals surface area contributed by atoms with E-state index in [0.29, 0.717) is 18.4 Å². The van der Waals surface area contributed by atoms with E-state index in [1.807, 2.05) is 0 Å². The molecule has 0 unspecified atom stereocenters. The van der Waals surface area contributed by atoms with Gasteiger partial charge in [-0.1, -0.05) is 18.2 Å². The minimum atomic E-state index is -3.65. The van der Waals surface area contributed by atoms with E-state index in [2.05, 4.69) is 10.0 Å². The van der Waals surface area contributed by atoms with E-state index in [1.165, 1.54) is 6.07 Å². The molecule has 1 aromatic rings. The van der Waals surface area contributed by atoms with E-state index in [9.17, 15) is 13.2 Å². The maximum Gasteiger partial charge on any atom is 0.241 e. The number of nitrogens with one attached hydrogen (secondary N) is 2. The minimum absolute atomic E-state index is 0.138. The molecule has 0 aromatic heterocycles. The lowest BCUT2D eigenvalue weighted by molar-refractivity contribution is -0.123. The van der Waals surface area contributed by atoms with Crippen molar-refractivity contribution in [1.82, 2.24) is 10.0 Å². The summed E-state index contributed by atoms with van der Waals surface area (Å²) in [5.41, 5.74) is 5.01. The van der Waals surface area contributed by atoms with Crippen LogP contribution < -0.4 is 15.8 Å². The maximum absolute atomic E-state index is 12.5. The first kappa shape index (κ1) is 16.9. The molecular formula is C15H23N3O3S. The van der Waals surface area contributed by atoms with E-state index in [4.69, 9.17) is 5.73 Å². The van der Waals surface area contributed by atoms with Crippen LogP contribution in [0.2, 0.25) is 0 Å². The molecule has 0 radical (unpaired) electrons. The van der Waals surface area contributed by atoms with Crippen LogP contribution in [-0.4, -0.2) is 25.4 Å². The van der Waals surface area contributed by atoms with Gasteiger partial charge in [0.05, 0.1) is 10.4 Å². The molecule has 0 spiro atoms. The van der Waals surface area contributed by atoms with Crippen LogP contribution in [0.3, 0.4) is 0 Å². The van der Waals surface area contributed by atoms with Gasteiger partial charge in [0.2, 0.25) is 15.9 Å². The number of amides is 1. The van der Waals surface area contributed by atoms with Crippen LogP contribution in [0.4, 0.5) is 0 Å². The molecule has 1 fully saturated rings. The first-order chi connectivity index (χ1) is 10.0. The second kappa shape index (κ2) is 5.64. The Morgan fingerprint density at radius 3 is 2.41 bits per heavy atom. The first-order valence-corrected chi connectivity index (χ1v) is 8.71. The van der Waals surface area contributed by atoms with Crippen molar-refractivity contribution in [3.63, 3.8) is 0 Å². The smallest absolute Gasteiger partial charge is 0.241 e. The SMILES string of the molecule is CC(C)(C)NS(=O)(=O)c1ccccc1CNC(=O)C1(N)CC1. The van der Waals surface area contributed by atoms with Gasteiger partial charge in [-0.3, -0.25) is 4.79 Å². The van der Waals surface area contributed by atoms with Gasteiger partial charge in [-0.05, 0) is 45.2 Å². The number of carbonyl (C=O) groups excluding carboxylic acids is 1. The van der Waals surface area contributed by atoms with Gasteiger partial charge in [-0.2, -0.15) is 0 Å². The molecule has 22 heavy (non-hydrogen) atoms. The number of rotatable bonds is 5. The molecule has 1 saturated carbocycles. The molecule has 6 nitrogen and oxygen atoms in total. The second-order valence-corrected chi connectivity index (χ2v) is 8.45. The highest BCUT2D eigenvalue weighted by atomic mass is 32.2. The molecule has 0 heterocycles. The highest BCUT2D eigenvalue weighted by molar-refractivity contribution is 7.89. The molecule has 4 N–H and O–H groups in total. The summed E-state index contributed by atoms with van der Waals surface area (Å²) < 4.78 is 27.6. The highest BCUT2D eigenvalue weighted by Crippen LogP contribution is 2.32. The number of sulfonamides is 1. The predicted molar refractivity (Wildman–Crippen MR) is 84.5 cm³/mol. The van der Waals surface area contributed by atoms with Crippen LogP contribution >= 0.6 is 0 Å². The van der Waals surface area contributed by atoms with Crippen LogP contribution in [0.25, 0.3) is 0 Å². The van der Waals surface area contributed by atoms with Crippen LogP contribution in [0, 0.1) is 0 Å². The Labute approximate surface area is 131 Å². The summed E-state index contributed by atoms with van der Waals surface area (Å²) in [7, 11) is -3.65. The van der Waals surface area contributed by atoms with Gasteiger partial charge in [0.1, 0.15) is 0 Å². The quantitative estimate of drug-likeness (QED) is 0.747. The molecule has 0 atom stereocenters. The summed E-state index contributed by atoms with van der Waals surface area (Å²) in [4.78, 5) is 12.1. The van der Waals surface area contributed by atoms with Crippen molar-refractivity contribution < 1.29 is 13.2 Å². The minimum Gasteiger partial charge on any atom is -0.350 e. The Hall–Kier alpha value is -1.44. The third-order valence-corrected chi connectivity index (χ3v) is 5.24. The summed E-state index contributed by atoms with van der Waals surface area (Å²) in [6, 6.07) is 6.62. The van der Waals surface area contributed by atoms with Crippen molar-refractivity contribution in [3.8, 4) is 0 Å². The third kappa shape index (κ3) is 4.06. The lowest BCUT2D eigenvalue weighted by Gasteiger charge is -2.21. The first-order valence-electron chi connectivity index (χ1n) is 7.23. The zero-order valence-electron chi connectivity index (χ0n) is 13.1. The van der Waals surface area contributed by atoms with E-state index < -0.39 is 21.1 Å². The summed E-state index contributed by atoms with van der Waals surface area (Å²) >= 11 is 0. The second-order valence-electron chi connectivity index (χ2n) is 6.80. The number of hydrogen-bond acceptors (Lipinski definition) is 4. The van der Waals surface area contributed by atoms with Crippen molar-refractivity contribution in [2.45, 2.75) is 56.1 Å².